The summed E-state index contributed by atoms with van der Waals surface area (Å²) < 4.78 is 33.3. The van der Waals surface area contributed by atoms with Crippen molar-refractivity contribution < 1.29 is 17.9 Å². The van der Waals surface area contributed by atoms with Gasteiger partial charge in [-0.3, -0.25) is 0 Å². The Morgan fingerprint density at radius 1 is 1.10 bits per heavy atom. The Labute approximate surface area is 122 Å². The van der Waals surface area contributed by atoms with E-state index in [1.54, 1.807) is 6.07 Å². The highest BCUT2D eigenvalue weighted by Crippen LogP contribution is 2.30. The van der Waals surface area contributed by atoms with E-state index < -0.39 is 9.05 Å². The molecule has 0 aromatic heterocycles. The number of benzene rings is 2. The molecule has 106 valence electrons. The van der Waals surface area contributed by atoms with Gasteiger partial charge in [-0.05, 0) is 17.7 Å². The first-order valence-corrected chi connectivity index (χ1v) is 8.11. The largest absolute Gasteiger partial charge is 0.495 e. The minimum Gasteiger partial charge on any atom is -0.495 e. The molecule has 0 atom stereocenters. The van der Waals surface area contributed by atoms with Crippen LogP contribution in [0.2, 0.25) is 0 Å². The highest BCUT2D eigenvalue weighted by molar-refractivity contribution is 8.13. The van der Waals surface area contributed by atoms with Gasteiger partial charge in [-0.25, -0.2) is 8.42 Å². The fourth-order valence-electron chi connectivity index (χ4n) is 1.68. The van der Waals surface area contributed by atoms with Crippen molar-refractivity contribution in [2.45, 2.75) is 11.5 Å². The van der Waals surface area contributed by atoms with E-state index in [9.17, 15) is 8.42 Å². The quantitative estimate of drug-likeness (QED) is 0.796. The third-order valence-corrected chi connectivity index (χ3v) is 4.01. The van der Waals surface area contributed by atoms with Crippen molar-refractivity contribution in [2.75, 3.05) is 7.11 Å². The summed E-state index contributed by atoms with van der Waals surface area (Å²) in [5.41, 5.74) is 1.01. The van der Waals surface area contributed by atoms with E-state index in [-0.39, 0.29) is 10.6 Å². The molecule has 2 rings (SSSR count). The van der Waals surface area contributed by atoms with Crippen molar-refractivity contribution in [3.63, 3.8) is 0 Å². The molecule has 0 heterocycles. The number of halogens is 1. The maximum Gasteiger partial charge on any atom is 0.264 e. The van der Waals surface area contributed by atoms with Gasteiger partial charge in [0, 0.05) is 16.7 Å². The van der Waals surface area contributed by atoms with Crippen LogP contribution in [0.1, 0.15) is 5.56 Å². The minimum absolute atomic E-state index is 0.0753. The molecule has 20 heavy (non-hydrogen) atoms. The van der Waals surface area contributed by atoms with E-state index in [1.165, 1.54) is 19.2 Å². The fourth-order valence-corrected chi connectivity index (χ4v) is 2.68. The van der Waals surface area contributed by atoms with Crippen LogP contribution in [-0.4, -0.2) is 15.5 Å². The van der Waals surface area contributed by atoms with E-state index >= 15 is 0 Å². The van der Waals surface area contributed by atoms with E-state index in [0.717, 1.165) is 5.56 Å². The van der Waals surface area contributed by atoms with Gasteiger partial charge in [0.15, 0.2) is 0 Å². The molecule has 0 saturated carbocycles. The van der Waals surface area contributed by atoms with Crippen LogP contribution >= 0.6 is 10.7 Å². The summed E-state index contributed by atoms with van der Waals surface area (Å²) in [7, 11) is 2.86. The molecule has 0 saturated heterocycles. The molecule has 0 aliphatic carbocycles. The summed E-state index contributed by atoms with van der Waals surface area (Å²) in [5.74, 6) is 0.667. The zero-order valence-corrected chi connectivity index (χ0v) is 12.3. The highest BCUT2D eigenvalue weighted by atomic mass is 35.7. The third kappa shape index (κ3) is 3.65. The number of ether oxygens (including phenoxy) is 2. The predicted octanol–water partition coefficient (Wildman–Crippen LogP) is 3.20. The lowest BCUT2D eigenvalue weighted by Gasteiger charge is -2.10. The highest BCUT2D eigenvalue weighted by Gasteiger charge is 2.17. The van der Waals surface area contributed by atoms with Gasteiger partial charge in [0.25, 0.3) is 9.05 Å². The summed E-state index contributed by atoms with van der Waals surface area (Å²) in [5, 5.41) is 0. The van der Waals surface area contributed by atoms with Crippen LogP contribution in [0.15, 0.2) is 53.4 Å². The smallest absolute Gasteiger partial charge is 0.264 e. The Kier molecular flexibility index (Phi) is 4.52. The molecule has 4 nitrogen and oxygen atoms in total. The standard InChI is InChI=1S/C14H13ClO4S/c1-18-13-9-12(7-8-14(13)20(15,16)17)19-10-11-5-3-2-4-6-11/h2-9H,10H2,1H3. The second-order valence-corrected chi connectivity index (χ2v) is 6.56. The molecular formula is C14H13ClO4S. The Bertz CT molecular complexity index is 684. The van der Waals surface area contributed by atoms with Gasteiger partial charge < -0.3 is 9.47 Å². The fraction of sp³-hybridized carbons (Fsp3) is 0.143. The molecule has 2 aromatic rings. The van der Waals surface area contributed by atoms with Gasteiger partial charge in [-0.15, -0.1) is 0 Å². The van der Waals surface area contributed by atoms with Crippen molar-refractivity contribution in [1.82, 2.24) is 0 Å². The summed E-state index contributed by atoms with van der Waals surface area (Å²) >= 11 is 0. The average Bonchev–Trinajstić information content (AvgIpc) is 2.45. The third-order valence-electron chi connectivity index (χ3n) is 2.65. The average molecular weight is 313 g/mol. The number of methoxy groups -OCH3 is 1. The molecule has 0 amide bonds. The van der Waals surface area contributed by atoms with Crippen LogP contribution in [0.3, 0.4) is 0 Å². The zero-order chi connectivity index (χ0) is 14.6. The Morgan fingerprint density at radius 3 is 2.40 bits per heavy atom. The summed E-state index contributed by atoms with van der Waals surface area (Å²) in [6, 6.07) is 14.0. The lowest BCUT2D eigenvalue weighted by atomic mass is 10.2. The van der Waals surface area contributed by atoms with Crippen LogP contribution in [0.5, 0.6) is 11.5 Å². The van der Waals surface area contributed by atoms with Crippen LogP contribution in [0.4, 0.5) is 0 Å². The van der Waals surface area contributed by atoms with Crippen LogP contribution < -0.4 is 9.47 Å². The Morgan fingerprint density at radius 2 is 1.80 bits per heavy atom. The lowest BCUT2D eigenvalue weighted by Crippen LogP contribution is -1.99. The minimum atomic E-state index is -3.84. The van der Waals surface area contributed by atoms with E-state index in [2.05, 4.69) is 0 Å². The van der Waals surface area contributed by atoms with Crippen molar-refractivity contribution in [2.24, 2.45) is 0 Å². The predicted molar refractivity (Wildman–Crippen MR) is 76.8 cm³/mol. The second-order valence-electron chi connectivity index (χ2n) is 4.02. The molecule has 0 aliphatic rings. The van der Waals surface area contributed by atoms with E-state index in [4.69, 9.17) is 20.2 Å². The van der Waals surface area contributed by atoms with Gasteiger partial charge in [-0.1, -0.05) is 30.3 Å². The van der Waals surface area contributed by atoms with E-state index in [0.29, 0.717) is 12.4 Å². The maximum atomic E-state index is 11.3. The number of rotatable bonds is 5. The van der Waals surface area contributed by atoms with Gasteiger partial charge in [0.05, 0.1) is 7.11 Å². The molecule has 0 unspecified atom stereocenters. The van der Waals surface area contributed by atoms with Gasteiger partial charge in [0.2, 0.25) is 0 Å². The van der Waals surface area contributed by atoms with Crippen LogP contribution in [0, 0.1) is 0 Å². The van der Waals surface area contributed by atoms with Crippen molar-refractivity contribution in [3.05, 3.63) is 54.1 Å². The normalized spacial score (nSPS) is 11.1. The first-order chi connectivity index (χ1) is 9.50. The Hall–Kier alpha value is -1.72. The van der Waals surface area contributed by atoms with Crippen molar-refractivity contribution in [1.29, 1.82) is 0 Å². The van der Waals surface area contributed by atoms with Crippen molar-refractivity contribution in [3.8, 4) is 11.5 Å². The molecular weight excluding hydrogens is 300 g/mol. The molecule has 0 N–H and O–H groups in total. The maximum absolute atomic E-state index is 11.3. The topological polar surface area (TPSA) is 52.6 Å². The van der Waals surface area contributed by atoms with E-state index in [1.807, 2.05) is 30.3 Å². The zero-order valence-electron chi connectivity index (χ0n) is 10.7. The molecule has 0 fully saturated rings. The molecule has 2 aromatic carbocycles. The van der Waals surface area contributed by atoms with Crippen LogP contribution in [0.25, 0.3) is 0 Å². The van der Waals surface area contributed by atoms with Gasteiger partial charge in [0.1, 0.15) is 23.0 Å². The SMILES string of the molecule is COc1cc(OCc2ccccc2)ccc1S(=O)(=O)Cl. The monoisotopic (exact) mass is 312 g/mol. The van der Waals surface area contributed by atoms with Gasteiger partial charge >= 0.3 is 0 Å². The lowest BCUT2D eigenvalue weighted by molar-refractivity contribution is 0.303. The molecule has 0 aliphatic heterocycles. The molecule has 6 heteroatoms. The number of hydrogen-bond donors (Lipinski definition) is 0. The molecule has 0 radical (unpaired) electrons. The van der Waals surface area contributed by atoms with Crippen molar-refractivity contribution >= 4 is 19.7 Å². The summed E-state index contributed by atoms with van der Waals surface area (Å²) in [4.78, 5) is -0.0753. The molecule has 0 spiro atoms. The summed E-state index contributed by atoms with van der Waals surface area (Å²) in [6.45, 7) is 0.386. The summed E-state index contributed by atoms with van der Waals surface area (Å²) in [6.07, 6.45) is 0. The first kappa shape index (κ1) is 14.7. The molecule has 0 bridgehead atoms. The first-order valence-electron chi connectivity index (χ1n) is 5.80. The second kappa shape index (κ2) is 6.15. The van der Waals surface area contributed by atoms with Crippen LogP contribution in [-0.2, 0) is 15.7 Å². The Balaban J connectivity index is 2.18. The van der Waals surface area contributed by atoms with Gasteiger partial charge in [-0.2, -0.15) is 0 Å². The number of hydrogen-bond acceptors (Lipinski definition) is 4.